The van der Waals surface area contributed by atoms with E-state index >= 15 is 0 Å². The van der Waals surface area contributed by atoms with Crippen molar-refractivity contribution in [1.29, 1.82) is 0 Å². The van der Waals surface area contributed by atoms with Crippen LogP contribution in [0, 0.1) is 0 Å². The smallest absolute Gasteiger partial charge is 0.429 e. The first-order chi connectivity index (χ1) is 12.7. The van der Waals surface area contributed by atoms with Gasteiger partial charge in [0.1, 0.15) is 6.10 Å². The fourth-order valence-electron chi connectivity index (χ4n) is 3.03. The minimum absolute atomic E-state index is 0.152. The minimum atomic E-state index is -0.993. The number of rotatable bonds is 9. The van der Waals surface area contributed by atoms with Gasteiger partial charge in [-0.3, -0.25) is 4.89 Å². The van der Waals surface area contributed by atoms with Gasteiger partial charge in [-0.05, 0) is 56.2 Å². The van der Waals surface area contributed by atoms with E-state index in [0.717, 1.165) is 44.9 Å². The number of carbonyl (C=O) groups excluding carboxylic acids is 2. The van der Waals surface area contributed by atoms with Gasteiger partial charge in [-0.1, -0.05) is 44.7 Å². The van der Waals surface area contributed by atoms with Gasteiger partial charge in [0.2, 0.25) is 0 Å². The van der Waals surface area contributed by atoms with Gasteiger partial charge in [0.05, 0.1) is 10.6 Å². The van der Waals surface area contributed by atoms with Crippen LogP contribution in [-0.2, 0) is 26.0 Å². The molecule has 0 amide bonds. The standard InChI is InChI=1S/C20H28O6/c1-2-3-4-6-9-16-12-14-17(15-13-16)19(21)24-26-25-20(22)23-18-10-7-5-8-11-18/h12-15,18H,2-11H2,1H3. The quantitative estimate of drug-likeness (QED) is 0.256. The summed E-state index contributed by atoms with van der Waals surface area (Å²) in [7, 11) is 0. The highest BCUT2D eigenvalue weighted by atomic mass is 17.5. The number of hydrogen-bond donors (Lipinski definition) is 0. The zero-order valence-corrected chi connectivity index (χ0v) is 15.4. The van der Waals surface area contributed by atoms with Gasteiger partial charge in [-0.15, -0.1) is 0 Å². The first-order valence-corrected chi connectivity index (χ1v) is 9.54. The van der Waals surface area contributed by atoms with E-state index in [1.165, 1.54) is 24.8 Å². The molecule has 144 valence electrons. The monoisotopic (exact) mass is 364 g/mol. The molecule has 1 aliphatic carbocycles. The number of ether oxygens (including phenoxy) is 1. The summed E-state index contributed by atoms with van der Waals surface area (Å²) < 4.78 is 5.07. The molecule has 6 nitrogen and oxygen atoms in total. The Bertz CT molecular complexity index is 548. The highest BCUT2D eigenvalue weighted by molar-refractivity contribution is 5.88. The van der Waals surface area contributed by atoms with E-state index in [0.29, 0.717) is 5.56 Å². The van der Waals surface area contributed by atoms with E-state index in [1.807, 2.05) is 12.1 Å². The van der Waals surface area contributed by atoms with Gasteiger partial charge in [-0.25, -0.2) is 14.5 Å². The first-order valence-electron chi connectivity index (χ1n) is 9.54. The van der Waals surface area contributed by atoms with Gasteiger partial charge in [0.25, 0.3) is 0 Å². The van der Waals surface area contributed by atoms with Crippen molar-refractivity contribution in [3.8, 4) is 0 Å². The summed E-state index contributed by atoms with van der Waals surface area (Å²) in [5.74, 6) is -0.729. The molecule has 0 N–H and O–H groups in total. The Labute approximate surface area is 154 Å². The van der Waals surface area contributed by atoms with Gasteiger partial charge in [0.15, 0.2) is 0 Å². The van der Waals surface area contributed by atoms with Crippen LogP contribution in [0.15, 0.2) is 24.3 Å². The molecule has 0 heterocycles. The fourth-order valence-corrected chi connectivity index (χ4v) is 3.03. The van der Waals surface area contributed by atoms with Crippen molar-refractivity contribution < 1.29 is 29.1 Å². The molecule has 0 spiro atoms. The van der Waals surface area contributed by atoms with Crippen LogP contribution in [0.3, 0.4) is 0 Å². The Balaban J connectivity index is 1.64. The van der Waals surface area contributed by atoms with E-state index < -0.39 is 12.1 Å². The predicted molar refractivity (Wildman–Crippen MR) is 95.2 cm³/mol. The first kappa shape index (κ1) is 20.2. The lowest BCUT2D eigenvalue weighted by Crippen LogP contribution is -2.22. The molecule has 1 aromatic rings. The summed E-state index contributed by atoms with van der Waals surface area (Å²) in [4.78, 5) is 32.1. The molecule has 6 heteroatoms. The molecule has 0 saturated heterocycles. The lowest BCUT2D eigenvalue weighted by Gasteiger charge is -2.20. The van der Waals surface area contributed by atoms with Crippen LogP contribution in [0.5, 0.6) is 0 Å². The molecule has 1 aliphatic rings. The Morgan fingerprint density at radius 1 is 0.962 bits per heavy atom. The Morgan fingerprint density at radius 3 is 2.38 bits per heavy atom. The van der Waals surface area contributed by atoms with Crippen molar-refractivity contribution in [2.75, 3.05) is 0 Å². The molecule has 1 fully saturated rings. The third kappa shape index (κ3) is 7.44. The van der Waals surface area contributed by atoms with E-state index in [1.54, 1.807) is 12.1 Å². The highest BCUT2D eigenvalue weighted by Crippen LogP contribution is 2.20. The fraction of sp³-hybridized carbons (Fsp3) is 0.600. The van der Waals surface area contributed by atoms with Crippen molar-refractivity contribution in [3.63, 3.8) is 0 Å². The second kappa shape index (κ2) is 11.5. The number of aryl methyl sites for hydroxylation is 1. The summed E-state index contributed by atoms with van der Waals surface area (Å²) in [6.07, 6.45) is 9.49. The summed E-state index contributed by atoms with van der Waals surface area (Å²) >= 11 is 0. The summed E-state index contributed by atoms with van der Waals surface area (Å²) in [6, 6.07) is 7.11. The van der Waals surface area contributed by atoms with Gasteiger partial charge < -0.3 is 4.74 Å². The Morgan fingerprint density at radius 2 is 1.69 bits per heavy atom. The minimum Gasteiger partial charge on any atom is -0.429 e. The van der Waals surface area contributed by atoms with Crippen molar-refractivity contribution in [2.24, 2.45) is 0 Å². The molecule has 0 unspecified atom stereocenters. The average molecular weight is 364 g/mol. The zero-order chi connectivity index (χ0) is 18.6. The second-order valence-electron chi connectivity index (χ2n) is 6.66. The molecule has 26 heavy (non-hydrogen) atoms. The zero-order valence-electron chi connectivity index (χ0n) is 15.4. The highest BCUT2D eigenvalue weighted by Gasteiger charge is 2.20. The molecular weight excluding hydrogens is 336 g/mol. The van der Waals surface area contributed by atoms with E-state index in [9.17, 15) is 9.59 Å². The van der Waals surface area contributed by atoms with Crippen molar-refractivity contribution >= 4 is 12.1 Å². The van der Waals surface area contributed by atoms with E-state index in [2.05, 4.69) is 21.7 Å². The predicted octanol–water partition coefficient (Wildman–Crippen LogP) is 5.30. The number of carbonyl (C=O) groups is 2. The van der Waals surface area contributed by atoms with Crippen LogP contribution < -0.4 is 0 Å². The van der Waals surface area contributed by atoms with E-state index in [-0.39, 0.29) is 6.10 Å². The maximum Gasteiger partial charge on any atom is 0.543 e. The topological polar surface area (TPSA) is 71.1 Å². The third-order valence-electron chi connectivity index (χ3n) is 4.54. The second-order valence-corrected chi connectivity index (χ2v) is 6.66. The summed E-state index contributed by atoms with van der Waals surface area (Å²) in [5, 5.41) is 4.25. The van der Waals surface area contributed by atoms with Gasteiger partial charge >= 0.3 is 12.1 Å². The van der Waals surface area contributed by atoms with E-state index in [4.69, 9.17) is 4.74 Å². The number of unbranched alkanes of at least 4 members (excludes halogenated alkanes) is 3. The van der Waals surface area contributed by atoms with Crippen molar-refractivity contribution in [3.05, 3.63) is 35.4 Å². The molecular formula is C20H28O6. The van der Waals surface area contributed by atoms with Crippen LogP contribution in [0.4, 0.5) is 4.79 Å². The lowest BCUT2D eigenvalue weighted by molar-refractivity contribution is -0.453. The lowest BCUT2D eigenvalue weighted by atomic mass is 9.98. The Kier molecular flexibility index (Phi) is 8.96. The molecule has 0 radical (unpaired) electrons. The molecule has 2 rings (SSSR count). The number of hydrogen-bond acceptors (Lipinski definition) is 6. The van der Waals surface area contributed by atoms with Crippen LogP contribution in [0.1, 0.15) is 80.6 Å². The largest absolute Gasteiger partial charge is 0.543 e. The molecule has 1 saturated carbocycles. The van der Waals surface area contributed by atoms with Gasteiger partial charge in [-0.2, -0.15) is 0 Å². The van der Waals surface area contributed by atoms with Crippen molar-refractivity contribution in [1.82, 2.24) is 0 Å². The maximum absolute atomic E-state index is 11.8. The molecule has 1 aromatic carbocycles. The number of benzene rings is 1. The third-order valence-corrected chi connectivity index (χ3v) is 4.54. The van der Waals surface area contributed by atoms with Crippen LogP contribution in [0.2, 0.25) is 0 Å². The SMILES string of the molecule is CCCCCCc1ccc(C(=O)OOOC(=O)OC2CCCCC2)cc1. The normalized spacial score (nSPS) is 14.7. The molecule has 0 atom stereocenters. The Hall–Kier alpha value is -2.08. The molecule has 0 aliphatic heterocycles. The summed E-state index contributed by atoms with van der Waals surface area (Å²) in [6.45, 7) is 2.18. The van der Waals surface area contributed by atoms with Crippen LogP contribution in [0.25, 0.3) is 0 Å². The van der Waals surface area contributed by atoms with Crippen LogP contribution in [-0.4, -0.2) is 18.2 Å². The summed E-state index contributed by atoms with van der Waals surface area (Å²) in [5.41, 5.74) is 1.50. The molecule has 0 bridgehead atoms. The molecule has 0 aromatic heterocycles. The maximum atomic E-state index is 11.8. The van der Waals surface area contributed by atoms with Crippen molar-refractivity contribution in [2.45, 2.75) is 77.2 Å². The average Bonchev–Trinajstić information content (AvgIpc) is 2.66. The van der Waals surface area contributed by atoms with Gasteiger partial charge in [0, 0.05) is 0 Å². The van der Waals surface area contributed by atoms with Crippen LogP contribution >= 0.6 is 0 Å².